The van der Waals surface area contributed by atoms with Crippen molar-refractivity contribution in [3.8, 4) is 11.5 Å². The zero-order chi connectivity index (χ0) is 17.5. The average Bonchev–Trinajstić information content (AvgIpc) is 2.67. The molecule has 3 rings (SSSR count). The van der Waals surface area contributed by atoms with Crippen molar-refractivity contribution < 1.29 is 9.53 Å². The van der Waals surface area contributed by atoms with Crippen molar-refractivity contribution in [2.24, 2.45) is 5.92 Å². The van der Waals surface area contributed by atoms with Gasteiger partial charge in [0, 0.05) is 31.0 Å². The number of pyridine rings is 1. The van der Waals surface area contributed by atoms with E-state index < -0.39 is 0 Å². The van der Waals surface area contributed by atoms with E-state index in [1.54, 1.807) is 24.5 Å². The van der Waals surface area contributed by atoms with Crippen LogP contribution in [0, 0.1) is 5.92 Å². The minimum atomic E-state index is 0. The van der Waals surface area contributed by atoms with Crippen LogP contribution in [0.25, 0.3) is 0 Å². The van der Waals surface area contributed by atoms with E-state index in [2.05, 4.69) is 10.3 Å². The number of nitrogens with zero attached hydrogens (tertiary/aromatic N) is 2. The monoisotopic (exact) mass is 411 g/mol. The maximum absolute atomic E-state index is 12.8. The summed E-state index contributed by atoms with van der Waals surface area (Å²) in [4.78, 5) is 18.7. The smallest absolute Gasteiger partial charge is 0.253 e. The second kappa shape index (κ2) is 11.8. The van der Waals surface area contributed by atoms with Crippen molar-refractivity contribution in [3.63, 3.8) is 0 Å². The largest absolute Gasteiger partial charge is 0.457 e. The van der Waals surface area contributed by atoms with Gasteiger partial charge in [0.05, 0.1) is 0 Å². The summed E-state index contributed by atoms with van der Waals surface area (Å²) >= 11 is 0. The standard InChI is InChI=1S/C20H25N3O2.2ClH/c1-21-10-5-16-8-13-23(14-9-16)20(24)17-3-2-4-19(15-17)25-18-6-11-22-12-7-18;;/h2-4,6-7,11-12,15-16,21H,5,8-10,13-14H2,1H3;2*1H. The van der Waals surface area contributed by atoms with Gasteiger partial charge in [-0.25, -0.2) is 0 Å². The zero-order valence-corrected chi connectivity index (χ0v) is 17.1. The number of aromatic nitrogens is 1. The van der Waals surface area contributed by atoms with Gasteiger partial charge in [-0.15, -0.1) is 24.8 Å². The van der Waals surface area contributed by atoms with E-state index in [-0.39, 0.29) is 30.7 Å². The van der Waals surface area contributed by atoms with E-state index in [9.17, 15) is 4.79 Å². The van der Waals surface area contributed by atoms with Gasteiger partial charge in [0.25, 0.3) is 5.91 Å². The van der Waals surface area contributed by atoms with Crippen molar-refractivity contribution in [2.75, 3.05) is 26.7 Å². The first-order valence-corrected chi connectivity index (χ1v) is 8.88. The minimum absolute atomic E-state index is 0. The molecule has 27 heavy (non-hydrogen) atoms. The topological polar surface area (TPSA) is 54.5 Å². The molecule has 5 nitrogen and oxygen atoms in total. The molecule has 1 amide bonds. The average molecular weight is 412 g/mol. The lowest BCUT2D eigenvalue weighted by molar-refractivity contribution is 0.0687. The Hall–Kier alpha value is -1.82. The van der Waals surface area contributed by atoms with E-state index in [0.717, 1.165) is 38.4 Å². The van der Waals surface area contributed by atoms with Gasteiger partial charge in [-0.1, -0.05) is 6.07 Å². The number of hydrogen-bond donors (Lipinski definition) is 1. The number of carbonyl (C=O) groups excluding carboxylic acids is 1. The Bertz CT molecular complexity index is 693. The number of benzene rings is 1. The highest BCUT2D eigenvalue weighted by Crippen LogP contribution is 2.24. The first-order valence-electron chi connectivity index (χ1n) is 8.88. The molecule has 0 bridgehead atoms. The molecule has 0 aliphatic carbocycles. The van der Waals surface area contributed by atoms with Gasteiger partial charge >= 0.3 is 0 Å². The molecular weight excluding hydrogens is 385 g/mol. The van der Waals surface area contributed by atoms with Crippen LogP contribution < -0.4 is 10.1 Å². The van der Waals surface area contributed by atoms with Crippen LogP contribution in [-0.2, 0) is 0 Å². The van der Waals surface area contributed by atoms with Crippen LogP contribution >= 0.6 is 24.8 Å². The molecule has 1 aliphatic heterocycles. The Labute approximate surface area is 173 Å². The number of halogens is 2. The van der Waals surface area contributed by atoms with Gasteiger partial charge in [0.15, 0.2) is 0 Å². The third kappa shape index (κ3) is 6.69. The Morgan fingerprint density at radius 2 is 1.85 bits per heavy atom. The lowest BCUT2D eigenvalue weighted by Crippen LogP contribution is -2.38. The second-order valence-electron chi connectivity index (χ2n) is 6.44. The molecule has 1 fully saturated rings. The maximum atomic E-state index is 12.8. The SMILES string of the molecule is CNCCC1CCN(C(=O)c2cccc(Oc3ccncc3)c2)CC1.Cl.Cl. The highest BCUT2D eigenvalue weighted by molar-refractivity contribution is 5.94. The van der Waals surface area contributed by atoms with Gasteiger partial charge in [-0.3, -0.25) is 9.78 Å². The first-order chi connectivity index (χ1) is 12.3. The fourth-order valence-electron chi connectivity index (χ4n) is 3.19. The van der Waals surface area contributed by atoms with Crippen molar-refractivity contribution in [3.05, 3.63) is 54.4 Å². The molecule has 2 aromatic rings. The Morgan fingerprint density at radius 3 is 2.52 bits per heavy atom. The summed E-state index contributed by atoms with van der Waals surface area (Å²) in [5.74, 6) is 2.19. The van der Waals surface area contributed by atoms with Crippen LogP contribution in [0.2, 0.25) is 0 Å². The highest BCUT2D eigenvalue weighted by atomic mass is 35.5. The number of amides is 1. The summed E-state index contributed by atoms with van der Waals surface area (Å²) < 4.78 is 5.80. The van der Waals surface area contributed by atoms with Crippen molar-refractivity contribution in [2.45, 2.75) is 19.3 Å². The lowest BCUT2D eigenvalue weighted by Gasteiger charge is -2.32. The summed E-state index contributed by atoms with van der Waals surface area (Å²) in [6.07, 6.45) is 6.72. The molecule has 2 heterocycles. The molecule has 0 radical (unpaired) electrons. The predicted octanol–water partition coefficient (Wildman–Crippen LogP) is 4.18. The number of nitrogens with one attached hydrogen (secondary N) is 1. The van der Waals surface area contributed by atoms with Crippen LogP contribution in [0.15, 0.2) is 48.8 Å². The van der Waals surface area contributed by atoms with E-state index in [1.807, 2.05) is 36.2 Å². The van der Waals surface area contributed by atoms with Crippen LogP contribution in [0.3, 0.4) is 0 Å². The van der Waals surface area contributed by atoms with Crippen LogP contribution in [0.1, 0.15) is 29.6 Å². The minimum Gasteiger partial charge on any atom is -0.457 e. The van der Waals surface area contributed by atoms with E-state index in [4.69, 9.17) is 4.74 Å². The normalized spacial score (nSPS) is 14.0. The number of hydrogen-bond acceptors (Lipinski definition) is 4. The fourth-order valence-corrected chi connectivity index (χ4v) is 3.19. The van der Waals surface area contributed by atoms with Crippen LogP contribution in [0.5, 0.6) is 11.5 Å². The van der Waals surface area contributed by atoms with Gasteiger partial charge in [-0.05, 0) is 69.1 Å². The van der Waals surface area contributed by atoms with E-state index in [0.29, 0.717) is 17.1 Å². The van der Waals surface area contributed by atoms with Crippen LogP contribution in [-0.4, -0.2) is 42.5 Å². The highest BCUT2D eigenvalue weighted by Gasteiger charge is 2.23. The molecule has 0 saturated carbocycles. The van der Waals surface area contributed by atoms with Crippen molar-refractivity contribution in [1.82, 2.24) is 15.2 Å². The number of ether oxygens (including phenoxy) is 1. The third-order valence-electron chi connectivity index (χ3n) is 4.67. The summed E-state index contributed by atoms with van der Waals surface area (Å²) in [7, 11) is 1.99. The summed E-state index contributed by atoms with van der Waals surface area (Å²) in [5, 5.41) is 3.20. The summed E-state index contributed by atoms with van der Waals surface area (Å²) in [6, 6.07) is 11.0. The third-order valence-corrected chi connectivity index (χ3v) is 4.67. The summed E-state index contributed by atoms with van der Waals surface area (Å²) in [6.45, 7) is 2.72. The first kappa shape index (κ1) is 23.2. The van der Waals surface area contributed by atoms with Gasteiger partial charge in [-0.2, -0.15) is 0 Å². The van der Waals surface area contributed by atoms with Crippen molar-refractivity contribution >= 4 is 30.7 Å². The van der Waals surface area contributed by atoms with Gasteiger partial charge < -0.3 is 15.0 Å². The molecule has 0 atom stereocenters. The molecule has 0 unspecified atom stereocenters. The zero-order valence-electron chi connectivity index (χ0n) is 15.5. The molecular formula is C20H27Cl2N3O2. The lowest BCUT2D eigenvalue weighted by atomic mass is 9.93. The van der Waals surface area contributed by atoms with E-state index >= 15 is 0 Å². The van der Waals surface area contributed by atoms with Crippen LogP contribution in [0.4, 0.5) is 0 Å². The van der Waals surface area contributed by atoms with E-state index in [1.165, 1.54) is 6.42 Å². The summed E-state index contributed by atoms with van der Waals surface area (Å²) in [5.41, 5.74) is 0.681. The Balaban J connectivity index is 0.00000182. The Kier molecular flexibility index (Phi) is 10.1. The Morgan fingerprint density at radius 1 is 1.15 bits per heavy atom. The molecule has 1 saturated heterocycles. The molecule has 7 heteroatoms. The maximum Gasteiger partial charge on any atom is 0.253 e. The molecule has 148 valence electrons. The quantitative estimate of drug-likeness (QED) is 0.774. The number of piperidine rings is 1. The van der Waals surface area contributed by atoms with Gasteiger partial charge in [0.1, 0.15) is 11.5 Å². The predicted molar refractivity (Wildman–Crippen MR) is 112 cm³/mol. The fraction of sp³-hybridized carbons (Fsp3) is 0.400. The molecule has 1 aromatic carbocycles. The molecule has 1 aromatic heterocycles. The molecule has 1 aliphatic rings. The number of likely N-dealkylation sites (tertiary alicyclic amines) is 1. The van der Waals surface area contributed by atoms with Crippen molar-refractivity contribution in [1.29, 1.82) is 0 Å². The second-order valence-corrected chi connectivity index (χ2v) is 6.44. The van der Waals surface area contributed by atoms with Gasteiger partial charge in [0.2, 0.25) is 0 Å². The molecule has 0 spiro atoms. The number of rotatable bonds is 6. The molecule has 1 N–H and O–H groups in total. The number of carbonyl (C=O) groups is 1.